The first-order chi connectivity index (χ1) is 8.20. The molecule has 4 nitrogen and oxygen atoms in total. The van der Waals surface area contributed by atoms with Gasteiger partial charge in [0.25, 0.3) is 5.91 Å². The molecule has 1 amide bonds. The number of hydrogen-bond acceptors (Lipinski definition) is 3. The SMILES string of the molecule is NC[C@H]1CN(C(=O)c2ccc(Cl)cc2)CCO1. The van der Waals surface area contributed by atoms with Gasteiger partial charge in [-0.3, -0.25) is 4.79 Å². The van der Waals surface area contributed by atoms with E-state index in [0.717, 1.165) is 0 Å². The second-order valence-corrected chi connectivity index (χ2v) is 4.42. The molecule has 1 aliphatic rings. The minimum absolute atomic E-state index is 0.00316. The van der Waals surface area contributed by atoms with Crippen LogP contribution < -0.4 is 5.73 Å². The van der Waals surface area contributed by atoms with Gasteiger partial charge in [-0.1, -0.05) is 11.6 Å². The Morgan fingerprint density at radius 3 is 2.82 bits per heavy atom. The van der Waals surface area contributed by atoms with Crippen molar-refractivity contribution in [2.24, 2.45) is 5.73 Å². The predicted octanol–water partition coefficient (Wildman–Crippen LogP) is 1.14. The molecule has 0 aliphatic carbocycles. The highest BCUT2D eigenvalue weighted by atomic mass is 35.5. The van der Waals surface area contributed by atoms with E-state index in [0.29, 0.717) is 36.8 Å². The van der Waals surface area contributed by atoms with Crippen molar-refractivity contribution < 1.29 is 9.53 Å². The average Bonchev–Trinajstić information content (AvgIpc) is 2.39. The Morgan fingerprint density at radius 2 is 2.18 bits per heavy atom. The number of rotatable bonds is 2. The minimum Gasteiger partial charge on any atom is -0.373 e. The summed E-state index contributed by atoms with van der Waals surface area (Å²) in [6, 6.07) is 6.90. The minimum atomic E-state index is -0.0556. The van der Waals surface area contributed by atoms with Crippen molar-refractivity contribution in [3.05, 3.63) is 34.9 Å². The monoisotopic (exact) mass is 254 g/mol. The molecular formula is C12H15ClN2O2. The van der Waals surface area contributed by atoms with Crippen LogP contribution in [-0.2, 0) is 4.74 Å². The van der Waals surface area contributed by atoms with Crippen molar-refractivity contribution in [2.75, 3.05) is 26.2 Å². The fourth-order valence-electron chi connectivity index (χ4n) is 1.82. The first kappa shape index (κ1) is 12.4. The van der Waals surface area contributed by atoms with Gasteiger partial charge in [0.2, 0.25) is 0 Å². The van der Waals surface area contributed by atoms with E-state index in [1.807, 2.05) is 0 Å². The zero-order chi connectivity index (χ0) is 12.3. The van der Waals surface area contributed by atoms with Gasteiger partial charge in [0, 0.05) is 30.2 Å². The highest BCUT2D eigenvalue weighted by Gasteiger charge is 2.23. The largest absolute Gasteiger partial charge is 0.373 e. The van der Waals surface area contributed by atoms with Gasteiger partial charge in [0.15, 0.2) is 0 Å². The molecule has 1 aliphatic heterocycles. The van der Waals surface area contributed by atoms with Crippen molar-refractivity contribution in [1.29, 1.82) is 0 Å². The van der Waals surface area contributed by atoms with Gasteiger partial charge in [0.05, 0.1) is 12.7 Å². The second kappa shape index (κ2) is 5.49. The second-order valence-electron chi connectivity index (χ2n) is 3.99. The Kier molecular flexibility index (Phi) is 3.99. The summed E-state index contributed by atoms with van der Waals surface area (Å²) >= 11 is 5.79. The van der Waals surface area contributed by atoms with Crippen LogP contribution in [0.2, 0.25) is 5.02 Å². The molecule has 2 rings (SSSR count). The van der Waals surface area contributed by atoms with Crippen LogP contribution in [0.5, 0.6) is 0 Å². The molecule has 0 spiro atoms. The van der Waals surface area contributed by atoms with E-state index in [1.54, 1.807) is 29.2 Å². The van der Waals surface area contributed by atoms with Gasteiger partial charge < -0.3 is 15.4 Å². The number of carbonyl (C=O) groups excluding carboxylic acids is 1. The van der Waals surface area contributed by atoms with Gasteiger partial charge in [-0.15, -0.1) is 0 Å². The molecular weight excluding hydrogens is 240 g/mol. The van der Waals surface area contributed by atoms with Crippen molar-refractivity contribution in [3.63, 3.8) is 0 Å². The summed E-state index contributed by atoms with van der Waals surface area (Å²) in [6.45, 7) is 2.14. The molecule has 1 aromatic carbocycles. The van der Waals surface area contributed by atoms with Crippen LogP contribution in [-0.4, -0.2) is 43.2 Å². The standard InChI is InChI=1S/C12H15ClN2O2/c13-10-3-1-9(2-4-10)12(16)15-5-6-17-11(7-14)8-15/h1-4,11H,5-8,14H2/t11-/m0/s1. The molecule has 0 bridgehead atoms. The van der Waals surface area contributed by atoms with E-state index < -0.39 is 0 Å². The number of benzene rings is 1. The fourth-order valence-corrected chi connectivity index (χ4v) is 1.95. The maximum absolute atomic E-state index is 12.2. The predicted molar refractivity (Wildman–Crippen MR) is 66.1 cm³/mol. The maximum Gasteiger partial charge on any atom is 0.254 e. The first-order valence-corrected chi connectivity index (χ1v) is 5.95. The Labute approximate surface area is 105 Å². The summed E-state index contributed by atoms with van der Waals surface area (Å²) < 4.78 is 5.42. The maximum atomic E-state index is 12.2. The molecule has 0 unspecified atom stereocenters. The number of amides is 1. The molecule has 1 saturated heterocycles. The van der Waals surface area contributed by atoms with Crippen molar-refractivity contribution in [2.45, 2.75) is 6.10 Å². The highest BCUT2D eigenvalue weighted by molar-refractivity contribution is 6.30. The number of morpholine rings is 1. The van der Waals surface area contributed by atoms with E-state index in [1.165, 1.54) is 0 Å². The molecule has 0 saturated carbocycles. The van der Waals surface area contributed by atoms with Crippen LogP contribution >= 0.6 is 11.6 Å². The fraction of sp³-hybridized carbons (Fsp3) is 0.417. The van der Waals surface area contributed by atoms with Crippen LogP contribution in [0.3, 0.4) is 0 Å². The van der Waals surface area contributed by atoms with Crippen LogP contribution in [0.4, 0.5) is 0 Å². The summed E-state index contributed by atoms with van der Waals surface area (Å²) in [5.74, 6) is 0.00316. The van der Waals surface area contributed by atoms with Gasteiger partial charge >= 0.3 is 0 Å². The van der Waals surface area contributed by atoms with Crippen LogP contribution in [0.25, 0.3) is 0 Å². The summed E-state index contributed by atoms with van der Waals surface area (Å²) in [4.78, 5) is 13.9. The lowest BCUT2D eigenvalue weighted by molar-refractivity contribution is -0.0167. The lowest BCUT2D eigenvalue weighted by Crippen LogP contribution is -2.48. The van der Waals surface area contributed by atoms with E-state index in [2.05, 4.69) is 0 Å². The third kappa shape index (κ3) is 2.97. The van der Waals surface area contributed by atoms with Gasteiger partial charge in [-0.25, -0.2) is 0 Å². The lowest BCUT2D eigenvalue weighted by atomic mass is 10.1. The van der Waals surface area contributed by atoms with E-state index >= 15 is 0 Å². The topological polar surface area (TPSA) is 55.6 Å². The van der Waals surface area contributed by atoms with E-state index in [9.17, 15) is 4.79 Å². The van der Waals surface area contributed by atoms with Gasteiger partial charge in [-0.05, 0) is 24.3 Å². The molecule has 1 aromatic rings. The molecule has 5 heteroatoms. The molecule has 17 heavy (non-hydrogen) atoms. The molecule has 92 valence electrons. The third-order valence-corrected chi connectivity index (χ3v) is 3.03. The Bertz CT molecular complexity index is 394. The molecule has 2 N–H and O–H groups in total. The van der Waals surface area contributed by atoms with E-state index in [4.69, 9.17) is 22.1 Å². The number of hydrogen-bond donors (Lipinski definition) is 1. The third-order valence-electron chi connectivity index (χ3n) is 2.78. The average molecular weight is 255 g/mol. The highest BCUT2D eigenvalue weighted by Crippen LogP contribution is 2.13. The number of nitrogens with zero attached hydrogens (tertiary/aromatic N) is 1. The molecule has 1 heterocycles. The quantitative estimate of drug-likeness (QED) is 0.861. The Hall–Kier alpha value is -1.10. The smallest absolute Gasteiger partial charge is 0.254 e. The normalized spacial score (nSPS) is 20.4. The summed E-state index contributed by atoms with van der Waals surface area (Å²) in [5, 5.41) is 0.628. The summed E-state index contributed by atoms with van der Waals surface area (Å²) in [7, 11) is 0. The number of halogens is 1. The first-order valence-electron chi connectivity index (χ1n) is 5.57. The summed E-state index contributed by atoms with van der Waals surface area (Å²) in [5.41, 5.74) is 6.19. The number of carbonyl (C=O) groups is 1. The van der Waals surface area contributed by atoms with Gasteiger partial charge in [-0.2, -0.15) is 0 Å². The van der Waals surface area contributed by atoms with Crippen LogP contribution in [0.1, 0.15) is 10.4 Å². The summed E-state index contributed by atoms with van der Waals surface area (Å²) in [6.07, 6.45) is -0.0556. The number of nitrogens with two attached hydrogens (primary N) is 1. The zero-order valence-corrected chi connectivity index (χ0v) is 10.2. The molecule has 1 atom stereocenters. The molecule has 0 aromatic heterocycles. The van der Waals surface area contributed by atoms with Crippen molar-refractivity contribution >= 4 is 17.5 Å². The van der Waals surface area contributed by atoms with E-state index in [-0.39, 0.29) is 12.0 Å². The Balaban J connectivity index is 2.06. The van der Waals surface area contributed by atoms with Crippen LogP contribution in [0, 0.1) is 0 Å². The van der Waals surface area contributed by atoms with Gasteiger partial charge in [0.1, 0.15) is 0 Å². The zero-order valence-electron chi connectivity index (χ0n) is 9.43. The van der Waals surface area contributed by atoms with Crippen molar-refractivity contribution in [1.82, 2.24) is 4.90 Å². The molecule has 0 radical (unpaired) electrons. The van der Waals surface area contributed by atoms with Crippen LogP contribution in [0.15, 0.2) is 24.3 Å². The Morgan fingerprint density at radius 1 is 1.47 bits per heavy atom. The molecule has 1 fully saturated rings. The number of ether oxygens (including phenoxy) is 1. The lowest BCUT2D eigenvalue weighted by Gasteiger charge is -2.32. The van der Waals surface area contributed by atoms with Crippen molar-refractivity contribution in [3.8, 4) is 0 Å².